The summed E-state index contributed by atoms with van der Waals surface area (Å²) in [6.45, 7) is 2.16. The molecule has 19 heavy (non-hydrogen) atoms. The molecule has 0 amide bonds. The summed E-state index contributed by atoms with van der Waals surface area (Å²) in [5.74, 6) is 5.77. The van der Waals surface area contributed by atoms with Crippen molar-refractivity contribution in [3.63, 3.8) is 0 Å². The van der Waals surface area contributed by atoms with E-state index in [1.54, 1.807) is 0 Å². The second kappa shape index (κ2) is 6.83. The molecule has 1 unspecified atom stereocenters. The molecule has 0 spiro atoms. The second-order valence-electron chi connectivity index (χ2n) is 4.36. The number of hydrogen-bond donors (Lipinski definition) is 2. The van der Waals surface area contributed by atoms with Crippen LogP contribution in [0.5, 0.6) is 0 Å². The van der Waals surface area contributed by atoms with E-state index >= 15 is 0 Å². The fourth-order valence-electron chi connectivity index (χ4n) is 2.09. The maximum atomic E-state index is 5.77. The minimum atomic E-state index is -0.00408. The number of nitrogens with one attached hydrogen (secondary N) is 1. The highest BCUT2D eigenvalue weighted by Gasteiger charge is 2.16. The highest BCUT2D eigenvalue weighted by Crippen LogP contribution is 2.30. The second-order valence-corrected chi connectivity index (χ2v) is 6.46. The lowest BCUT2D eigenvalue weighted by Crippen LogP contribution is -2.29. The average Bonchev–Trinajstić information content (AvgIpc) is 2.44. The Morgan fingerprint density at radius 3 is 2.74 bits per heavy atom. The maximum absolute atomic E-state index is 5.77. The molecule has 0 saturated carbocycles. The predicted molar refractivity (Wildman–Crippen MR) is 91.8 cm³/mol. The van der Waals surface area contributed by atoms with Crippen molar-refractivity contribution in [2.24, 2.45) is 5.84 Å². The quantitative estimate of drug-likeness (QED) is 0.434. The molecule has 0 aliphatic carbocycles. The number of nitrogens with two attached hydrogens (primary N) is 1. The molecule has 0 radical (unpaired) electrons. The molecular formula is C15H16BrIN2. The minimum Gasteiger partial charge on any atom is -0.271 e. The molecule has 0 fully saturated rings. The summed E-state index contributed by atoms with van der Waals surface area (Å²) in [7, 11) is 0. The molecule has 0 aromatic heterocycles. The third-order valence-corrected chi connectivity index (χ3v) is 4.52. The van der Waals surface area contributed by atoms with Gasteiger partial charge in [0.25, 0.3) is 0 Å². The number of rotatable bonds is 4. The Morgan fingerprint density at radius 2 is 2.05 bits per heavy atom. The Balaban J connectivity index is 2.46. The molecule has 2 rings (SSSR count). The van der Waals surface area contributed by atoms with E-state index in [-0.39, 0.29) is 6.04 Å². The summed E-state index contributed by atoms with van der Waals surface area (Å²) in [5.41, 5.74) is 6.58. The summed E-state index contributed by atoms with van der Waals surface area (Å²) in [6.07, 6.45) is 1.03. The number of aryl methyl sites for hydroxylation is 1. The molecule has 0 heterocycles. The van der Waals surface area contributed by atoms with Crippen LogP contribution in [0.1, 0.15) is 29.7 Å². The van der Waals surface area contributed by atoms with Gasteiger partial charge >= 0.3 is 0 Å². The molecule has 2 nitrogen and oxygen atoms in total. The highest BCUT2D eigenvalue weighted by atomic mass is 127. The van der Waals surface area contributed by atoms with Crippen molar-refractivity contribution >= 4 is 38.5 Å². The Hall–Kier alpha value is -0.430. The van der Waals surface area contributed by atoms with Gasteiger partial charge in [0.15, 0.2) is 0 Å². The first kappa shape index (κ1) is 15.0. The van der Waals surface area contributed by atoms with Gasteiger partial charge < -0.3 is 0 Å². The zero-order valence-corrected chi connectivity index (χ0v) is 14.4. The van der Waals surface area contributed by atoms with Gasteiger partial charge in [-0.2, -0.15) is 0 Å². The Labute approximate surface area is 136 Å². The van der Waals surface area contributed by atoms with Gasteiger partial charge in [0.05, 0.1) is 6.04 Å². The van der Waals surface area contributed by atoms with Gasteiger partial charge in [-0.3, -0.25) is 5.84 Å². The van der Waals surface area contributed by atoms with E-state index in [4.69, 9.17) is 5.84 Å². The standard InChI is InChI=1S/C15H16BrIN2/c1-2-10-4-3-5-11(8-10)15(19-18)13-9-12(17)6-7-14(13)16/h3-9,15,19H,2,18H2,1H3. The molecule has 0 saturated heterocycles. The van der Waals surface area contributed by atoms with Crippen LogP contribution >= 0.6 is 38.5 Å². The van der Waals surface area contributed by atoms with Crippen molar-refractivity contribution in [2.75, 3.05) is 0 Å². The molecular weight excluding hydrogens is 415 g/mol. The van der Waals surface area contributed by atoms with E-state index < -0.39 is 0 Å². The lowest BCUT2D eigenvalue weighted by atomic mass is 9.97. The number of hydrazine groups is 1. The molecule has 100 valence electrons. The monoisotopic (exact) mass is 430 g/mol. The first-order chi connectivity index (χ1) is 9.15. The first-order valence-corrected chi connectivity index (χ1v) is 8.02. The van der Waals surface area contributed by atoms with Gasteiger partial charge in [-0.15, -0.1) is 0 Å². The summed E-state index contributed by atoms with van der Waals surface area (Å²) in [4.78, 5) is 0. The van der Waals surface area contributed by atoms with Gasteiger partial charge in [0, 0.05) is 8.04 Å². The normalized spacial score (nSPS) is 12.4. The zero-order chi connectivity index (χ0) is 13.8. The van der Waals surface area contributed by atoms with Crippen LogP contribution in [0.2, 0.25) is 0 Å². The third-order valence-electron chi connectivity index (χ3n) is 3.13. The smallest absolute Gasteiger partial charge is 0.0721 e. The van der Waals surface area contributed by atoms with E-state index in [1.807, 2.05) is 0 Å². The van der Waals surface area contributed by atoms with Crippen LogP contribution < -0.4 is 11.3 Å². The Morgan fingerprint density at radius 1 is 1.26 bits per heavy atom. The number of halogens is 2. The van der Waals surface area contributed by atoms with Crippen LogP contribution in [0, 0.1) is 3.57 Å². The van der Waals surface area contributed by atoms with E-state index in [0.29, 0.717) is 0 Å². The fourth-order valence-corrected chi connectivity index (χ4v) is 3.08. The van der Waals surface area contributed by atoms with Gasteiger partial charge in [-0.05, 0) is 63.9 Å². The van der Waals surface area contributed by atoms with Crippen LogP contribution in [0.15, 0.2) is 46.9 Å². The first-order valence-electron chi connectivity index (χ1n) is 6.15. The lowest BCUT2D eigenvalue weighted by molar-refractivity contribution is 0.633. The lowest BCUT2D eigenvalue weighted by Gasteiger charge is -2.19. The maximum Gasteiger partial charge on any atom is 0.0721 e. The molecule has 2 aromatic rings. The topological polar surface area (TPSA) is 38.0 Å². The summed E-state index contributed by atoms with van der Waals surface area (Å²) >= 11 is 5.92. The zero-order valence-electron chi connectivity index (χ0n) is 10.7. The largest absolute Gasteiger partial charge is 0.271 e. The molecule has 0 aliphatic heterocycles. The summed E-state index contributed by atoms with van der Waals surface area (Å²) < 4.78 is 2.26. The van der Waals surface area contributed by atoms with Crippen molar-refractivity contribution in [2.45, 2.75) is 19.4 Å². The van der Waals surface area contributed by atoms with Crippen molar-refractivity contribution in [1.29, 1.82) is 0 Å². The third kappa shape index (κ3) is 3.56. The fraction of sp³-hybridized carbons (Fsp3) is 0.200. The Bertz CT molecular complexity index is 572. The van der Waals surface area contributed by atoms with Crippen LogP contribution in [0.3, 0.4) is 0 Å². The van der Waals surface area contributed by atoms with Crippen LogP contribution in [-0.2, 0) is 6.42 Å². The SMILES string of the molecule is CCc1cccc(C(NN)c2cc(I)ccc2Br)c1. The van der Waals surface area contributed by atoms with Crippen molar-refractivity contribution < 1.29 is 0 Å². The molecule has 4 heteroatoms. The van der Waals surface area contributed by atoms with Crippen LogP contribution in [-0.4, -0.2) is 0 Å². The van der Waals surface area contributed by atoms with E-state index in [2.05, 4.69) is 93.3 Å². The van der Waals surface area contributed by atoms with Crippen molar-refractivity contribution in [1.82, 2.24) is 5.43 Å². The van der Waals surface area contributed by atoms with Gasteiger partial charge in [-0.25, -0.2) is 5.43 Å². The number of hydrogen-bond acceptors (Lipinski definition) is 2. The van der Waals surface area contributed by atoms with Gasteiger partial charge in [0.2, 0.25) is 0 Å². The van der Waals surface area contributed by atoms with Crippen LogP contribution in [0.4, 0.5) is 0 Å². The van der Waals surface area contributed by atoms with Crippen molar-refractivity contribution in [3.05, 3.63) is 67.2 Å². The summed E-state index contributed by atoms with van der Waals surface area (Å²) in [6, 6.07) is 14.8. The predicted octanol–water partition coefficient (Wildman–Crippen LogP) is 4.17. The van der Waals surface area contributed by atoms with Gasteiger partial charge in [-0.1, -0.05) is 47.1 Å². The van der Waals surface area contributed by atoms with E-state index in [0.717, 1.165) is 16.5 Å². The van der Waals surface area contributed by atoms with Gasteiger partial charge in [0.1, 0.15) is 0 Å². The summed E-state index contributed by atoms with van der Waals surface area (Å²) in [5, 5.41) is 0. The number of benzene rings is 2. The minimum absolute atomic E-state index is 0.00408. The highest BCUT2D eigenvalue weighted by molar-refractivity contribution is 14.1. The molecule has 1 atom stereocenters. The van der Waals surface area contributed by atoms with E-state index in [9.17, 15) is 0 Å². The molecule has 0 bridgehead atoms. The Kier molecular flexibility index (Phi) is 5.38. The van der Waals surface area contributed by atoms with E-state index in [1.165, 1.54) is 14.7 Å². The molecule has 0 aliphatic rings. The van der Waals surface area contributed by atoms with Crippen molar-refractivity contribution in [3.8, 4) is 0 Å². The van der Waals surface area contributed by atoms with Crippen LogP contribution in [0.25, 0.3) is 0 Å². The molecule has 2 aromatic carbocycles. The average molecular weight is 431 g/mol. The molecule has 3 N–H and O–H groups in total.